The Kier molecular flexibility index (Phi) is 7.19. The van der Waals surface area contributed by atoms with Crippen molar-refractivity contribution < 1.29 is 14.7 Å². The molecule has 1 saturated carbocycles. The maximum Gasteiger partial charge on any atom is 0.317 e. The summed E-state index contributed by atoms with van der Waals surface area (Å²) in [7, 11) is 1.65. The maximum atomic E-state index is 12.1. The van der Waals surface area contributed by atoms with Gasteiger partial charge in [-0.05, 0) is 18.6 Å². The SMILES string of the molecule is CCSC1CCCCC1NC(=O)N(C)CC(C)C(=O)O. The van der Waals surface area contributed by atoms with E-state index in [0.717, 1.165) is 25.0 Å². The number of nitrogens with zero attached hydrogens (tertiary/aromatic N) is 1. The molecule has 3 atom stereocenters. The molecule has 1 aliphatic rings. The van der Waals surface area contributed by atoms with Crippen LogP contribution in [0, 0.1) is 5.92 Å². The zero-order valence-corrected chi connectivity index (χ0v) is 13.4. The lowest BCUT2D eigenvalue weighted by Gasteiger charge is -2.33. The number of rotatable bonds is 6. The number of carboxylic acid groups (broad SMARTS) is 1. The predicted octanol–water partition coefficient (Wildman–Crippen LogP) is 2.41. The van der Waals surface area contributed by atoms with Gasteiger partial charge in [-0.1, -0.05) is 26.7 Å². The molecule has 1 aliphatic carbocycles. The Morgan fingerprint density at radius 3 is 2.65 bits per heavy atom. The van der Waals surface area contributed by atoms with Crippen molar-refractivity contribution >= 4 is 23.8 Å². The smallest absolute Gasteiger partial charge is 0.317 e. The van der Waals surface area contributed by atoms with Gasteiger partial charge in [0.1, 0.15) is 0 Å². The summed E-state index contributed by atoms with van der Waals surface area (Å²) in [6.45, 7) is 3.99. The Morgan fingerprint density at radius 1 is 1.40 bits per heavy atom. The van der Waals surface area contributed by atoms with Gasteiger partial charge in [-0.3, -0.25) is 4.79 Å². The Morgan fingerprint density at radius 2 is 2.05 bits per heavy atom. The second kappa shape index (κ2) is 8.39. The van der Waals surface area contributed by atoms with E-state index in [0.29, 0.717) is 5.25 Å². The van der Waals surface area contributed by atoms with Gasteiger partial charge in [0.2, 0.25) is 0 Å². The summed E-state index contributed by atoms with van der Waals surface area (Å²) in [5, 5.41) is 12.4. The van der Waals surface area contributed by atoms with Crippen LogP contribution in [0.4, 0.5) is 4.79 Å². The molecule has 2 N–H and O–H groups in total. The first-order chi connectivity index (χ1) is 9.45. The van der Waals surface area contributed by atoms with E-state index in [1.165, 1.54) is 11.3 Å². The molecule has 116 valence electrons. The minimum absolute atomic E-state index is 0.160. The molecule has 0 aliphatic heterocycles. The van der Waals surface area contributed by atoms with Gasteiger partial charge in [-0.2, -0.15) is 11.8 Å². The van der Waals surface area contributed by atoms with Gasteiger partial charge in [0, 0.05) is 24.9 Å². The summed E-state index contributed by atoms with van der Waals surface area (Å²) >= 11 is 1.91. The fourth-order valence-corrected chi connectivity index (χ4v) is 3.71. The minimum atomic E-state index is -0.873. The number of carbonyl (C=O) groups excluding carboxylic acids is 1. The average Bonchev–Trinajstić information content (AvgIpc) is 2.40. The van der Waals surface area contributed by atoms with Crippen molar-refractivity contribution in [1.82, 2.24) is 10.2 Å². The molecule has 0 aromatic carbocycles. The summed E-state index contributed by atoms with van der Waals surface area (Å²) in [4.78, 5) is 24.4. The molecular formula is C14H26N2O3S. The number of carboxylic acids is 1. The quantitative estimate of drug-likeness (QED) is 0.790. The standard InChI is InChI=1S/C14H26N2O3S/c1-4-20-12-8-6-5-7-11(12)15-14(19)16(3)9-10(2)13(17)18/h10-12H,4-9H2,1-3H3,(H,15,19)(H,17,18). The van der Waals surface area contributed by atoms with Crippen LogP contribution in [0.25, 0.3) is 0 Å². The zero-order valence-electron chi connectivity index (χ0n) is 12.6. The van der Waals surface area contributed by atoms with E-state index in [-0.39, 0.29) is 18.6 Å². The molecule has 1 rings (SSSR count). The van der Waals surface area contributed by atoms with Crippen LogP contribution in [-0.4, -0.2) is 52.6 Å². The van der Waals surface area contributed by atoms with Crippen LogP contribution in [0.3, 0.4) is 0 Å². The fraction of sp³-hybridized carbons (Fsp3) is 0.857. The van der Waals surface area contributed by atoms with Gasteiger partial charge in [0.25, 0.3) is 0 Å². The van der Waals surface area contributed by atoms with E-state index in [1.807, 2.05) is 11.8 Å². The van der Waals surface area contributed by atoms with Crippen molar-refractivity contribution in [2.75, 3.05) is 19.3 Å². The number of nitrogens with one attached hydrogen (secondary N) is 1. The molecule has 20 heavy (non-hydrogen) atoms. The van der Waals surface area contributed by atoms with Gasteiger partial charge >= 0.3 is 12.0 Å². The molecular weight excluding hydrogens is 276 g/mol. The van der Waals surface area contributed by atoms with Crippen molar-refractivity contribution in [3.8, 4) is 0 Å². The van der Waals surface area contributed by atoms with Crippen molar-refractivity contribution in [1.29, 1.82) is 0 Å². The molecule has 0 radical (unpaired) electrons. The van der Waals surface area contributed by atoms with Crippen molar-refractivity contribution in [2.24, 2.45) is 5.92 Å². The van der Waals surface area contributed by atoms with Crippen molar-refractivity contribution in [2.45, 2.75) is 50.8 Å². The first kappa shape index (κ1) is 17.1. The molecule has 5 nitrogen and oxygen atoms in total. The average molecular weight is 302 g/mol. The molecule has 0 spiro atoms. The van der Waals surface area contributed by atoms with Crippen LogP contribution < -0.4 is 5.32 Å². The molecule has 2 amide bonds. The van der Waals surface area contributed by atoms with Gasteiger partial charge in [0.05, 0.1) is 5.92 Å². The third kappa shape index (κ3) is 5.23. The molecule has 0 aromatic heterocycles. The fourth-order valence-electron chi connectivity index (χ4n) is 2.52. The van der Waals surface area contributed by atoms with E-state index in [1.54, 1.807) is 14.0 Å². The first-order valence-corrected chi connectivity index (χ1v) is 8.36. The minimum Gasteiger partial charge on any atom is -0.481 e. The van der Waals surface area contributed by atoms with Crippen LogP contribution in [0.15, 0.2) is 0 Å². The highest BCUT2D eigenvalue weighted by Gasteiger charge is 2.27. The molecule has 0 saturated heterocycles. The number of urea groups is 1. The highest BCUT2D eigenvalue weighted by Crippen LogP contribution is 2.28. The van der Waals surface area contributed by atoms with Gasteiger partial charge in [0.15, 0.2) is 0 Å². The lowest BCUT2D eigenvalue weighted by atomic mass is 9.95. The summed E-state index contributed by atoms with van der Waals surface area (Å²) in [5.74, 6) is -0.359. The van der Waals surface area contributed by atoms with Crippen LogP contribution in [0.1, 0.15) is 39.5 Å². The summed E-state index contributed by atoms with van der Waals surface area (Å²) < 4.78 is 0. The van der Waals surface area contributed by atoms with E-state index >= 15 is 0 Å². The Labute approximate surface area is 125 Å². The molecule has 6 heteroatoms. The normalized spacial score (nSPS) is 23.9. The van der Waals surface area contributed by atoms with Crippen LogP contribution >= 0.6 is 11.8 Å². The van der Waals surface area contributed by atoms with Gasteiger partial charge < -0.3 is 15.3 Å². The highest BCUT2D eigenvalue weighted by molar-refractivity contribution is 7.99. The first-order valence-electron chi connectivity index (χ1n) is 7.31. The maximum absolute atomic E-state index is 12.1. The largest absolute Gasteiger partial charge is 0.481 e. The van der Waals surface area contributed by atoms with Gasteiger partial charge in [-0.25, -0.2) is 4.79 Å². The Hall–Kier alpha value is -0.910. The van der Waals surface area contributed by atoms with Crippen LogP contribution in [-0.2, 0) is 4.79 Å². The number of amides is 2. The summed E-state index contributed by atoms with van der Waals surface area (Å²) in [6.07, 6.45) is 4.56. The monoisotopic (exact) mass is 302 g/mol. The summed E-state index contributed by atoms with van der Waals surface area (Å²) in [6, 6.07) is 0.0514. The molecule has 3 unspecified atom stereocenters. The van der Waals surface area contributed by atoms with Gasteiger partial charge in [-0.15, -0.1) is 0 Å². The van der Waals surface area contributed by atoms with Crippen LogP contribution in [0.5, 0.6) is 0 Å². The third-order valence-electron chi connectivity index (χ3n) is 3.71. The molecule has 0 bridgehead atoms. The van der Waals surface area contributed by atoms with E-state index < -0.39 is 11.9 Å². The lowest BCUT2D eigenvalue weighted by Crippen LogP contribution is -2.49. The van der Waals surface area contributed by atoms with Crippen LogP contribution in [0.2, 0.25) is 0 Å². The predicted molar refractivity (Wildman–Crippen MR) is 82.1 cm³/mol. The highest BCUT2D eigenvalue weighted by atomic mass is 32.2. The van der Waals surface area contributed by atoms with E-state index in [2.05, 4.69) is 12.2 Å². The number of carbonyl (C=O) groups is 2. The Bertz CT molecular complexity index is 336. The Balaban J connectivity index is 2.48. The molecule has 1 fully saturated rings. The number of hydrogen-bond donors (Lipinski definition) is 2. The zero-order chi connectivity index (χ0) is 15.1. The van der Waals surface area contributed by atoms with E-state index in [9.17, 15) is 9.59 Å². The third-order valence-corrected chi connectivity index (χ3v) is 5.03. The second-order valence-electron chi connectivity index (χ2n) is 5.45. The summed E-state index contributed by atoms with van der Waals surface area (Å²) in [5.41, 5.74) is 0. The van der Waals surface area contributed by atoms with Crippen molar-refractivity contribution in [3.63, 3.8) is 0 Å². The lowest BCUT2D eigenvalue weighted by molar-refractivity contribution is -0.141. The van der Waals surface area contributed by atoms with E-state index in [4.69, 9.17) is 5.11 Å². The number of aliphatic carboxylic acids is 1. The molecule has 0 aromatic rings. The molecule has 0 heterocycles. The van der Waals surface area contributed by atoms with Crippen molar-refractivity contribution in [3.05, 3.63) is 0 Å². The number of thioether (sulfide) groups is 1. The number of hydrogen-bond acceptors (Lipinski definition) is 3. The topological polar surface area (TPSA) is 69.6 Å². The second-order valence-corrected chi connectivity index (χ2v) is 6.97.